The molecule has 0 amide bonds. The number of hydrogen-bond acceptors (Lipinski definition) is 3. The van der Waals surface area contributed by atoms with E-state index in [0.717, 1.165) is 0 Å². The lowest BCUT2D eigenvalue weighted by atomic mass is 9.85. The smallest absolute Gasteiger partial charge is 0.0846 e. The van der Waals surface area contributed by atoms with Gasteiger partial charge in [0.1, 0.15) is 0 Å². The van der Waals surface area contributed by atoms with Gasteiger partial charge in [0.25, 0.3) is 0 Å². The Morgan fingerprint density at radius 1 is 1.15 bits per heavy atom. The van der Waals surface area contributed by atoms with E-state index in [0.29, 0.717) is 6.42 Å². The van der Waals surface area contributed by atoms with Crippen molar-refractivity contribution in [2.24, 2.45) is 11.3 Å². The maximum absolute atomic E-state index is 9.59. The Labute approximate surface area is 80.4 Å². The molecule has 0 aromatic heterocycles. The van der Waals surface area contributed by atoms with Crippen molar-refractivity contribution < 1.29 is 15.3 Å². The first-order valence-electron chi connectivity index (χ1n) is 4.75. The molecule has 0 aromatic rings. The highest BCUT2D eigenvalue weighted by Gasteiger charge is 2.26. The lowest BCUT2D eigenvalue weighted by molar-refractivity contribution is -0.0428. The van der Waals surface area contributed by atoms with Gasteiger partial charge in [0.05, 0.1) is 12.2 Å². The quantitative estimate of drug-likeness (QED) is 0.613. The van der Waals surface area contributed by atoms with E-state index in [1.165, 1.54) is 0 Å². The first-order chi connectivity index (χ1) is 5.78. The number of hydrogen-bond donors (Lipinski definition) is 3. The SMILES string of the molecule is C[C@@H](CO)[C@@H](O)[C@H](O)CC(C)(C)C. The fourth-order valence-electron chi connectivity index (χ4n) is 1.24. The maximum Gasteiger partial charge on any atom is 0.0846 e. The molecule has 3 nitrogen and oxygen atoms in total. The summed E-state index contributed by atoms with van der Waals surface area (Å²) in [5, 5.41) is 27.9. The van der Waals surface area contributed by atoms with Crippen LogP contribution < -0.4 is 0 Å². The standard InChI is InChI=1S/C10H22O3/c1-7(6-11)9(13)8(12)5-10(2,3)4/h7-9,11-13H,5-6H2,1-4H3/t7-,8+,9+/m0/s1. The summed E-state index contributed by atoms with van der Waals surface area (Å²) in [6, 6.07) is 0. The zero-order valence-electron chi connectivity index (χ0n) is 8.99. The molecule has 0 saturated carbocycles. The van der Waals surface area contributed by atoms with Crippen LogP contribution in [0.25, 0.3) is 0 Å². The van der Waals surface area contributed by atoms with Crippen molar-refractivity contribution in [1.82, 2.24) is 0 Å². The summed E-state index contributed by atoms with van der Waals surface area (Å²) in [5.74, 6) is -0.266. The van der Waals surface area contributed by atoms with E-state index in [4.69, 9.17) is 5.11 Å². The monoisotopic (exact) mass is 190 g/mol. The van der Waals surface area contributed by atoms with Gasteiger partial charge in [-0.3, -0.25) is 0 Å². The van der Waals surface area contributed by atoms with Crippen molar-refractivity contribution in [2.75, 3.05) is 6.61 Å². The van der Waals surface area contributed by atoms with Gasteiger partial charge in [0.15, 0.2) is 0 Å². The normalized spacial score (nSPS) is 19.6. The molecule has 0 aliphatic carbocycles. The third kappa shape index (κ3) is 5.24. The van der Waals surface area contributed by atoms with E-state index in [-0.39, 0.29) is 17.9 Å². The highest BCUT2D eigenvalue weighted by Crippen LogP contribution is 2.23. The Bertz CT molecular complexity index is 140. The average Bonchev–Trinajstić information content (AvgIpc) is 1.98. The Balaban J connectivity index is 4.03. The predicted molar refractivity (Wildman–Crippen MR) is 52.3 cm³/mol. The third-order valence-corrected chi connectivity index (χ3v) is 2.09. The largest absolute Gasteiger partial charge is 0.396 e. The van der Waals surface area contributed by atoms with Crippen molar-refractivity contribution in [1.29, 1.82) is 0 Å². The number of aliphatic hydroxyl groups is 3. The van der Waals surface area contributed by atoms with Crippen molar-refractivity contribution in [2.45, 2.75) is 46.3 Å². The molecule has 0 fully saturated rings. The fourth-order valence-corrected chi connectivity index (χ4v) is 1.24. The molecule has 3 atom stereocenters. The van der Waals surface area contributed by atoms with Crippen LogP contribution in [0, 0.1) is 11.3 Å². The molecule has 0 saturated heterocycles. The molecular formula is C10H22O3. The summed E-state index contributed by atoms with van der Waals surface area (Å²) in [6.07, 6.45) is -1.04. The molecule has 3 heteroatoms. The van der Waals surface area contributed by atoms with Gasteiger partial charge in [-0.25, -0.2) is 0 Å². The average molecular weight is 190 g/mol. The van der Waals surface area contributed by atoms with Crippen molar-refractivity contribution in [3.8, 4) is 0 Å². The van der Waals surface area contributed by atoms with E-state index < -0.39 is 12.2 Å². The molecule has 0 heterocycles. The van der Waals surface area contributed by atoms with Gasteiger partial charge in [-0.2, -0.15) is 0 Å². The number of rotatable bonds is 4. The Hall–Kier alpha value is -0.120. The Morgan fingerprint density at radius 2 is 1.62 bits per heavy atom. The molecule has 0 radical (unpaired) electrons. The summed E-state index contributed by atoms with van der Waals surface area (Å²) in [4.78, 5) is 0. The van der Waals surface area contributed by atoms with Crippen molar-refractivity contribution in [3.63, 3.8) is 0 Å². The Morgan fingerprint density at radius 3 is 1.92 bits per heavy atom. The second kappa shape index (κ2) is 4.94. The first kappa shape index (κ1) is 12.9. The molecule has 0 spiro atoms. The minimum absolute atomic E-state index is 0.00439. The van der Waals surface area contributed by atoms with Gasteiger partial charge in [0, 0.05) is 12.5 Å². The molecular weight excluding hydrogens is 168 g/mol. The van der Waals surface area contributed by atoms with Crippen LogP contribution in [0.1, 0.15) is 34.1 Å². The summed E-state index contributed by atoms with van der Waals surface area (Å²) in [5.41, 5.74) is -0.00439. The molecule has 13 heavy (non-hydrogen) atoms. The van der Waals surface area contributed by atoms with E-state index >= 15 is 0 Å². The maximum atomic E-state index is 9.59. The van der Waals surface area contributed by atoms with E-state index in [1.807, 2.05) is 20.8 Å². The topological polar surface area (TPSA) is 60.7 Å². The second-order valence-electron chi connectivity index (χ2n) is 4.98. The molecule has 3 N–H and O–H groups in total. The zero-order chi connectivity index (χ0) is 10.6. The molecule has 80 valence electrons. The fraction of sp³-hybridized carbons (Fsp3) is 1.00. The lowest BCUT2D eigenvalue weighted by Gasteiger charge is -2.28. The molecule has 0 unspecified atom stereocenters. The molecule has 0 bridgehead atoms. The van der Waals surface area contributed by atoms with Crippen LogP contribution in [0.4, 0.5) is 0 Å². The van der Waals surface area contributed by atoms with Gasteiger partial charge >= 0.3 is 0 Å². The molecule has 0 rings (SSSR count). The predicted octanol–water partition coefficient (Wildman–Crippen LogP) is 0.773. The van der Waals surface area contributed by atoms with Gasteiger partial charge in [-0.05, 0) is 11.8 Å². The summed E-state index contributed by atoms with van der Waals surface area (Å²) in [7, 11) is 0. The van der Waals surface area contributed by atoms with E-state index in [2.05, 4.69) is 0 Å². The van der Waals surface area contributed by atoms with E-state index in [1.54, 1.807) is 6.92 Å². The van der Waals surface area contributed by atoms with Crippen LogP contribution in [-0.2, 0) is 0 Å². The highest BCUT2D eigenvalue weighted by molar-refractivity contribution is 4.77. The summed E-state index contributed by atoms with van der Waals surface area (Å²) in [6.45, 7) is 7.64. The molecule has 0 aromatic carbocycles. The zero-order valence-corrected chi connectivity index (χ0v) is 8.99. The van der Waals surface area contributed by atoms with Gasteiger partial charge in [-0.1, -0.05) is 27.7 Å². The minimum Gasteiger partial charge on any atom is -0.396 e. The second-order valence-corrected chi connectivity index (χ2v) is 4.98. The highest BCUT2D eigenvalue weighted by atomic mass is 16.3. The summed E-state index contributed by atoms with van der Waals surface area (Å²) >= 11 is 0. The van der Waals surface area contributed by atoms with E-state index in [9.17, 15) is 10.2 Å². The van der Waals surface area contributed by atoms with Crippen LogP contribution in [0.5, 0.6) is 0 Å². The van der Waals surface area contributed by atoms with Crippen LogP contribution in [0.15, 0.2) is 0 Å². The molecule has 0 aliphatic heterocycles. The minimum atomic E-state index is -0.829. The van der Waals surface area contributed by atoms with Crippen LogP contribution >= 0.6 is 0 Å². The van der Waals surface area contributed by atoms with Gasteiger partial charge in [0.2, 0.25) is 0 Å². The lowest BCUT2D eigenvalue weighted by Crippen LogP contribution is -2.36. The van der Waals surface area contributed by atoms with Crippen molar-refractivity contribution >= 4 is 0 Å². The van der Waals surface area contributed by atoms with Gasteiger partial charge in [-0.15, -0.1) is 0 Å². The Kier molecular flexibility index (Phi) is 4.89. The number of aliphatic hydroxyl groups excluding tert-OH is 3. The van der Waals surface area contributed by atoms with Crippen molar-refractivity contribution in [3.05, 3.63) is 0 Å². The summed E-state index contributed by atoms with van der Waals surface area (Å²) < 4.78 is 0. The van der Waals surface area contributed by atoms with Crippen LogP contribution in [0.2, 0.25) is 0 Å². The first-order valence-corrected chi connectivity index (χ1v) is 4.75. The van der Waals surface area contributed by atoms with Gasteiger partial charge < -0.3 is 15.3 Å². The third-order valence-electron chi connectivity index (χ3n) is 2.09. The van der Waals surface area contributed by atoms with Crippen LogP contribution in [0.3, 0.4) is 0 Å². The van der Waals surface area contributed by atoms with Crippen LogP contribution in [-0.4, -0.2) is 34.1 Å². The molecule has 0 aliphatic rings.